The maximum Gasteiger partial charge on any atom is 0.244 e. The number of aromatic nitrogens is 3. The van der Waals surface area contributed by atoms with Crippen LogP contribution in [0.3, 0.4) is 0 Å². The van der Waals surface area contributed by atoms with Gasteiger partial charge in [0.1, 0.15) is 5.82 Å². The van der Waals surface area contributed by atoms with Crippen molar-refractivity contribution >= 4 is 5.95 Å². The largest absolute Gasteiger partial charge is 0.340 e. The van der Waals surface area contributed by atoms with E-state index in [1.807, 2.05) is 0 Å². The molecule has 0 aromatic carbocycles. The van der Waals surface area contributed by atoms with Crippen LogP contribution in [0.1, 0.15) is 64.6 Å². The first kappa shape index (κ1) is 14.8. The average molecular weight is 291 g/mol. The molecule has 1 aliphatic heterocycles. The van der Waals surface area contributed by atoms with Gasteiger partial charge in [0.25, 0.3) is 0 Å². The molecule has 1 saturated carbocycles. The van der Waals surface area contributed by atoms with E-state index in [1.165, 1.54) is 32.1 Å². The number of piperidine rings is 1. The summed E-state index contributed by atoms with van der Waals surface area (Å²) in [5.74, 6) is 2.63. The van der Waals surface area contributed by atoms with Crippen LogP contribution in [0.5, 0.6) is 0 Å². The SMILES string of the molecule is CC(N)C1CCN(c2n[nH]c(C3(C)CCCCC3)n2)CC1. The monoisotopic (exact) mass is 291 g/mol. The number of aromatic amines is 1. The summed E-state index contributed by atoms with van der Waals surface area (Å²) in [5, 5.41) is 7.71. The van der Waals surface area contributed by atoms with Crippen LogP contribution < -0.4 is 10.6 Å². The first-order valence-corrected chi connectivity index (χ1v) is 8.52. The minimum atomic E-state index is 0.202. The fourth-order valence-electron chi connectivity index (χ4n) is 3.86. The highest BCUT2D eigenvalue weighted by atomic mass is 15.4. The molecule has 21 heavy (non-hydrogen) atoms. The van der Waals surface area contributed by atoms with Crippen molar-refractivity contribution in [1.29, 1.82) is 0 Å². The molecule has 2 heterocycles. The molecule has 0 spiro atoms. The zero-order chi connectivity index (χ0) is 14.9. The molecule has 2 fully saturated rings. The summed E-state index contributed by atoms with van der Waals surface area (Å²) in [7, 11) is 0. The summed E-state index contributed by atoms with van der Waals surface area (Å²) in [5.41, 5.74) is 6.22. The van der Waals surface area contributed by atoms with Crippen molar-refractivity contribution in [2.24, 2.45) is 11.7 Å². The summed E-state index contributed by atoms with van der Waals surface area (Å²) in [4.78, 5) is 7.14. The van der Waals surface area contributed by atoms with E-state index < -0.39 is 0 Å². The Morgan fingerprint density at radius 2 is 1.90 bits per heavy atom. The third kappa shape index (κ3) is 3.07. The van der Waals surface area contributed by atoms with Gasteiger partial charge < -0.3 is 10.6 Å². The molecule has 1 saturated heterocycles. The third-order valence-corrected chi connectivity index (χ3v) is 5.57. The lowest BCUT2D eigenvalue weighted by Gasteiger charge is -2.33. The van der Waals surface area contributed by atoms with Crippen LogP contribution in [0.4, 0.5) is 5.95 Å². The zero-order valence-corrected chi connectivity index (χ0v) is 13.4. The van der Waals surface area contributed by atoms with Crippen LogP contribution in [0.25, 0.3) is 0 Å². The Morgan fingerprint density at radius 1 is 1.24 bits per heavy atom. The van der Waals surface area contributed by atoms with E-state index in [1.54, 1.807) is 0 Å². The van der Waals surface area contributed by atoms with Gasteiger partial charge in [0, 0.05) is 24.5 Å². The summed E-state index contributed by atoms with van der Waals surface area (Å²) in [6.07, 6.45) is 8.75. The number of hydrogen-bond donors (Lipinski definition) is 2. The minimum absolute atomic E-state index is 0.202. The van der Waals surface area contributed by atoms with Gasteiger partial charge in [-0.05, 0) is 38.5 Å². The van der Waals surface area contributed by atoms with Gasteiger partial charge in [-0.3, -0.25) is 5.10 Å². The van der Waals surface area contributed by atoms with Crippen LogP contribution in [0.2, 0.25) is 0 Å². The molecule has 5 heteroatoms. The zero-order valence-electron chi connectivity index (χ0n) is 13.4. The smallest absolute Gasteiger partial charge is 0.244 e. The van der Waals surface area contributed by atoms with Gasteiger partial charge in [0.2, 0.25) is 5.95 Å². The molecule has 3 rings (SSSR count). The van der Waals surface area contributed by atoms with Crippen LogP contribution in [-0.2, 0) is 5.41 Å². The molecule has 5 nitrogen and oxygen atoms in total. The van der Waals surface area contributed by atoms with Crippen LogP contribution >= 0.6 is 0 Å². The molecule has 1 aliphatic carbocycles. The molecule has 1 unspecified atom stereocenters. The quantitative estimate of drug-likeness (QED) is 0.898. The van der Waals surface area contributed by atoms with Crippen molar-refractivity contribution in [2.75, 3.05) is 18.0 Å². The summed E-state index contributed by atoms with van der Waals surface area (Å²) >= 11 is 0. The average Bonchev–Trinajstić information content (AvgIpc) is 2.99. The summed E-state index contributed by atoms with van der Waals surface area (Å²) in [6.45, 7) is 6.51. The lowest BCUT2D eigenvalue weighted by Crippen LogP contribution is -2.40. The van der Waals surface area contributed by atoms with Gasteiger partial charge in [0.15, 0.2) is 0 Å². The molecule has 0 amide bonds. The van der Waals surface area contributed by atoms with Gasteiger partial charge in [-0.1, -0.05) is 26.2 Å². The Morgan fingerprint density at radius 3 is 2.52 bits per heavy atom. The van der Waals surface area contributed by atoms with Gasteiger partial charge in [0.05, 0.1) is 0 Å². The second kappa shape index (κ2) is 5.95. The fraction of sp³-hybridized carbons (Fsp3) is 0.875. The topological polar surface area (TPSA) is 70.8 Å². The maximum atomic E-state index is 6.01. The Kier molecular flexibility index (Phi) is 4.20. The first-order chi connectivity index (χ1) is 10.1. The summed E-state index contributed by atoms with van der Waals surface area (Å²) < 4.78 is 0. The molecule has 118 valence electrons. The molecular formula is C16H29N5. The Labute approximate surface area is 127 Å². The molecule has 1 aromatic rings. The molecule has 0 radical (unpaired) electrons. The molecular weight excluding hydrogens is 262 g/mol. The molecule has 2 aliphatic rings. The van der Waals surface area contributed by atoms with Crippen molar-refractivity contribution in [3.8, 4) is 0 Å². The Bertz CT molecular complexity index is 453. The number of rotatable bonds is 3. The second-order valence-electron chi connectivity index (χ2n) is 7.29. The molecule has 1 aromatic heterocycles. The van der Waals surface area contributed by atoms with Gasteiger partial charge in [-0.2, -0.15) is 4.98 Å². The second-order valence-corrected chi connectivity index (χ2v) is 7.29. The van der Waals surface area contributed by atoms with E-state index >= 15 is 0 Å². The minimum Gasteiger partial charge on any atom is -0.340 e. The predicted molar refractivity (Wildman–Crippen MR) is 85.4 cm³/mol. The fourth-order valence-corrected chi connectivity index (χ4v) is 3.86. The Hall–Kier alpha value is -1.10. The van der Waals surface area contributed by atoms with Crippen molar-refractivity contribution in [3.05, 3.63) is 5.82 Å². The van der Waals surface area contributed by atoms with Crippen LogP contribution in [0, 0.1) is 5.92 Å². The number of nitrogens with zero attached hydrogens (tertiary/aromatic N) is 3. The molecule has 0 bridgehead atoms. The van der Waals surface area contributed by atoms with Gasteiger partial charge in [-0.25, -0.2) is 0 Å². The molecule has 3 N–H and O–H groups in total. The van der Waals surface area contributed by atoms with E-state index in [-0.39, 0.29) is 5.41 Å². The lowest BCUT2D eigenvalue weighted by molar-refractivity contribution is 0.304. The highest BCUT2D eigenvalue weighted by Crippen LogP contribution is 2.37. The molecule has 1 atom stereocenters. The highest BCUT2D eigenvalue weighted by Gasteiger charge is 2.33. The van der Waals surface area contributed by atoms with E-state index in [0.717, 1.165) is 37.7 Å². The van der Waals surface area contributed by atoms with E-state index in [2.05, 4.69) is 28.9 Å². The number of nitrogens with one attached hydrogen (secondary N) is 1. The number of nitrogens with two attached hydrogens (primary N) is 1. The highest BCUT2D eigenvalue weighted by molar-refractivity contribution is 5.31. The van der Waals surface area contributed by atoms with Crippen LogP contribution in [0.15, 0.2) is 0 Å². The lowest BCUT2D eigenvalue weighted by atomic mass is 9.75. The van der Waals surface area contributed by atoms with E-state index in [4.69, 9.17) is 10.7 Å². The Balaban J connectivity index is 1.65. The number of H-pyrrole nitrogens is 1. The van der Waals surface area contributed by atoms with Gasteiger partial charge in [-0.15, -0.1) is 5.10 Å². The number of anilines is 1. The third-order valence-electron chi connectivity index (χ3n) is 5.57. The van der Waals surface area contributed by atoms with Crippen molar-refractivity contribution in [2.45, 2.75) is 70.3 Å². The normalized spacial score (nSPS) is 25.0. The van der Waals surface area contributed by atoms with Crippen molar-refractivity contribution in [3.63, 3.8) is 0 Å². The van der Waals surface area contributed by atoms with Crippen molar-refractivity contribution in [1.82, 2.24) is 15.2 Å². The maximum absolute atomic E-state index is 6.01. The van der Waals surface area contributed by atoms with Crippen LogP contribution in [-0.4, -0.2) is 34.3 Å². The summed E-state index contributed by atoms with van der Waals surface area (Å²) in [6, 6.07) is 0.302. The standard InChI is InChI=1S/C16H29N5/c1-12(17)13-6-10-21(11-7-13)15-18-14(19-20-15)16(2)8-4-3-5-9-16/h12-13H,3-11,17H2,1-2H3,(H,18,19,20). The first-order valence-electron chi connectivity index (χ1n) is 8.52. The number of hydrogen-bond acceptors (Lipinski definition) is 4. The van der Waals surface area contributed by atoms with Gasteiger partial charge >= 0.3 is 0 Å². The van der Waals surface area contributed by atoms with Crippen molar-refractivity contribution < 1.29 is 0 Å². The predicted octanol–water partition coefficient (Wildman–Crippen LogP) is 2.59. The van der Waals surface area contributed by atoms with E-state index in [9.17, 15) is 0 Å². The van der Waals surface area contributed by atoms with E-state index in [0.29, 0.717) is 12.0 Å².